The Hall–Kier alpha value is -2.16. The van der Waals surface area contributed by atoms with Crippen molar-refractivity contribution in [1.29, 1.82) is 0 Å². The number of benzene rings is 2. The maximum absolute atomic E-state index is 12.1. The van der Waals surface area contributed by atoms with E-state index >= 15 is 0 Å². The lowest BCUT2D eigenvalue weighted by Crippen LogP contribution is -2.20. The van der Waals surface area contributed by atoms with Crippen LogP contribution in [0, 0.1) is 0 Å². The lowest BCUT2D eigenvalue weighted by Gasteiger charge is -2.16. The van der Waals surface area contributed by atoms with E-state index in [-0.39, 0.29) is 11.6 Å². The third kappa shape index (κ3) is 3.36. The number of hydrogen-bond acceptors (Lipinski definition) is 2. The van der Waals surface area contributed by atoms with Gasteiger partial charge in [-0.2, -0.15) is 0 Å². The van der Waals surface area contributed by atoms with Crippen LogP contribution in [0.15, 0.2) is 48.5 Å². The monoisotopic (exact) mass is 292 g/mol. The molecule has 2 nitrogen and oxygen atoms in total. The molecule has 0 unspecified atom stereocenters. The Morgan fingerprint density at radius 3 is 1.32 bits per heavy atom. The molecule has 0 heterocycles. The van der Waals surface area contributed by atoms with Gasteiger partial charge in [0, 0.05) is 22.3 Å². The molecule has 112 valence electrons. The zero-order valence-electron chi connectivity index (χ0n) is 13.3. The average molecular weight is 292 g/mol. The average Bonchev–Trinajstić information content (AvgIpc) is 2.58. The van der Waals surface area contributed by atoms with Crippen molar-refractivity contribution in [3.63, 3.8) is 0 Å². The topological polar surface area (TPSA) is 34.1 Å². The van der Waals surface area contributed by atoms with Gasteiger partial charge in [-0.1, -0.05) is 81.0 Å². The lowest BCUT2D eigenvalue weighted by atomic mass is 9.84. The van der Waals surface area contributed by atoms with Gasteiger partial charge in [0.15, 0.2) is 11.6 Å². The second-order valence-corrected chi connectivity index (χ2v) is 5.46. The maximum atomic E-state index is 12.1. The Balaban J connectivity index is 0.000000254. The van der Waals surface area contributed by atoms with Crippen LogP contribution in [0.1, 0.15) is 58.0 Å². The van der Waals surface area contributed by atoms with Crippen LogP contribution >= 0.6 is 0 Å². The number of fused-ring (bicyclic) bond motifs is 2. The highest BCUT2D eigenvalue weighted by atomic mass is 16.1. The molecule has 2 aromatic carbocycles. The molecule has 3 heteroatoms. The van der Waals surface area contributed by atoms with Crippen molar-refractivity contribution >= 4 is 19.4 Å². The molecule has 0 spiro atoms. The van der Waals surface area contributed by atoms with Gasteiger partial charge in [-0.25, -0.2) is 0 Å². The quantitative estimate of drug-likeness (QED) is 0.545. The standard InChI is InChI=1S/C14H8O2.C5H13B/c15-13-9-5-1-2-6-10(9)14(16)12-8-4-3-7-11(12)13;1-2-3-4-5-6/h1-8H;2-6H2,1H3. The van der Waals surface area contributed by atoms with Crippen LogP contribution in [-0.2, 0) is 0 Å². The number of ketones is 2. The van der Waals surface area contributed by atoms with Crippen molar-refractivity contribution in [3.8, 4) is 0 Å². The van der Waals surface area contributed by atoms with E-state index in [0.717, 1.165) is 0 Å². The van der Waals surface area contributed by atoms with Crippen LogP contribution in [0.25, 0.3) is 0 Å². The molecule has 0 fully saturated rings. The van der Waals surface area contributed by atoms with Gasteiger partial charge in [0.25, 0.3) is 0 Å². The Labute approximate surface area is 133 Å². The van der Waals surface area contributed by atoms with E-state index < -0.39 is 0 Å². The summed E-state index contributed by atoms with van der Waals surface area (Å²) in [5.74, 6) is -0.128. The minimum absolute atomic E-state index is 0.0641. The lowest BCUT2D eigenvalue weighted by molar-refractivity contribution is 0.0979. The molecule has 1 aliphatic rings. The van der Waals surface area contributed by atoms with Crippen molar-refractivity contribution in [3.05, 3.63) is 70.8 Å². The molecule has 0 N–H and O–H groups in total. The van der Waals surface area contributed by atoms with Gasteiger partial charge >= 0.3 is 0 Å². The minimum atomic E-state index is -0.0641. The zero-order chi connectivity index (χ0) is 15.9. The van der Waals surface area contributed by atoms with Crippen LogP contribution < -0.4 is 0 Å². The molecule has 0 bridgehead atoms. The summed E-state index contributed by atoms with van der Waals surface area (Å²) >= 11 is 0. The van der Waals surface area contributed by atoms with Crippen LogP contribution in [0.5, 0.6) is 0 Å². The number of unbranched alkanes of at least 4 members (excludes halogenated alkanes) is 2. The van der Waals surface area contributed by atoms with Crippen molar-refractivity contribution in [2.24, 2.45) is 0 Å². The zero-order valence-corrected chi connectivity index (χ0v) is 13.3. The number of carbonyl (C=O) groups is 2. The van der Waals surface area contributed by atoms with Crippen molar-refractivity contribution < 1.29 is 9.59 Å². The van der Waals surface area contributed by atoms with Gasteiger partial charge in [0.05, 0.1) is 0 Å². The van der Waals surface area contributed by atoms with Crippen molar-refractivity contribution in [2.45, 2.75) is 32.5 Å². The fourth-order valence-corrected chi connectivity index (χ4v) is 2.55. The third-order valence-electron chi connectivity index (χ3n) is 3.79. The van der Waals surface area contributed by atoms with Gasteiger partial charge < -0.3 is 0 Å². The predicted molar refractivity (Wildman–Crippen MR) is 92.6 cm³/mol. The highest BCUT2D eigenvalue weighted by Gasteiger charge is 2.28. The van der Waals surface area contributed by atoms with Crippen LogP contribution in [0.4, 0.5) is 0 Å². The summed E-state index contributed by atoms with van der Waals surface area (Å²) in [5, 5.41) is 0. The smallest absolute Gasteiger partial charge is 0.194 e. The fraction of sp³-hybridized carbons (Fsp3) is 0.263. The van der Waals surface area contributed by atoms with Gasteiger partial charge in [-0.05, 0) is 0 Å². The largest absolute Gasteiger partial charge is 0.289 e. The first-order valence-corrected chi connectivity index (χ1v) is 7.98. The summed E-state index contributed by atoms with van der Waals surface area (Å²) in [7, 11) is 2.23. The summed E-state index contributed by atoms with van der Waals surface area (Å²) in [6.07, 6.45) is 5.54. The second kappa shape index (κ2) is 7.74. The number of hydrogen-bond donors (Lipinski definition) is 0. The summed E-state index contributed by atoms with van der Waals surface area (Å²) in [4.78, 5) is 24.2. The summed E-state index contributed by atoms with van der Waals surface area (Å²) < 4.78 is 0. The van der Waals surface area contributed by atoms with E-state index in [9.17, 15) is 9.59 Å². The number of rotatable bonds is 3. The molecule has 0 saturated heterocycles. The minimum Gasteiger partial charge on any atom is -0.289 e. The van der Waals surface area contributed by atoms with Crippen molar-refractivity contribution in [1.82, 2.24) is 0 Å². The molecule has 22 heavy (non-hydrogen) atoms. The molecule has 0 saturated carbocycles. The van der Waals surface area contributed by atoms with Gasteiger partial charge in [0.1, 0.15) is 7.85 Å². The maximum Gasteiger partial charge on any atom is 0.194 e. The molecule has 0 aliphatic heterocycles. The molecule has 1 aliphatic carbocycles. The predicted octanol–water partition coefficient (Wildman–Crippen LogP) is 3.69. The normalized spacial score (nSPS) is 12.0. The van der Waals surface area contributed by atoms with E-state index in [0.29, 0.717) is 22.3 Å². The Bertz CT molecular complexity index is 567. The molecular formula is C19H21BO2. The Morgan fingerprint density at radius 1 is 0.727 bits per heavy atom. The van der Waals surface area contributed by atoms with Crippen LogP contribution in [-0.4, -0.2) is 19.4 Å². The van der Waals surface area contributed by atoms with E-state index in [4.69, 9.17) is 0 Å². The first-order chi connectivity index (χ1) is 10.7. The SMILES string of the molecule is BCCCCC.O=C1c2ccccc2C(=O)c2ccccc21. The van der Waals surface area contributed by atoms with E-state index in [1.807, 2.05) is 0 Å². The summed E-state index contributed by atoms with van der Waals surface area (Å²) in [6, 6.07) is 13.9. The molecule has 2 aromatic rings. The second-order valence-electron chi connectivity index (χ2n) is 5.46. The van der Waals surface area contributed by atoms with E-state index in [1.165, 1.54) is 25.6 Å². The Morgan fingerprint density at radius 2 is 1.09 bits per heavy atom. The fourth-order valence-electron chi connectivity index (χ4n) is 2.55. The molecule has 0 aromatic heterocycles. The molecule has 0 amide bonds. The highest BCUT2D eigenvalue weighted by molar-refractivity contribution is 6.28. The summed E-state index contributed by atoms with van der Waals surface area (Å²) in [6.45, 7) is 2.23. The third-order valence-corrected chi connectivity index (χ3v) is 3.79. The van der Waals surface area contributed by atoms with Crippen LogP contribution in [0.2, 0.25) is 6.32 Å². The van der Waals surface area contributed by atoms with Crippen molar-refractivity contribution in [2.75, 3.05) is 0 Å². The molecule has 3 rings (SSSR count). The van der Waals surface area contributed by atoms with E-state index in [2.05, 4.69) is 14.8 Å². The van der Waals surface area contributed by atoms with Gasteiger partial charge in [-0.15, -0.1) is 0 Å². The summed E-state index contributed by atoms with van der Waals surface area (Å²) in [5.41, 5.74) is 2.02. The van der Waals surface area contributed by atoms with Gasteiger partial charge in [0.2, 0.25) is 0 Å². The molecule has 0 atom stereocenters. The highest BCUT2D eigenvalue weighted by Crippen LogP contribution is 2.26. The molecule has 0 radical (unpaired) electrons. The van der Waals surface area contributed by atoms with E-state index in [1.54, 1.807) is 48.5 Å². The first kappa shape index (κ1) is 16.2. The Kier molecular flexibility index (Phi) is 5.71. The van der Waals surface area contributed by atoms with Gasteiger partial charge in [-0.3, -0.25) is 9.59 Å². The molecular weight excluding hydrogens is 271 g/mol. The van der Waals surface area contributed by atoms with Crippen LogP contribution in [0.3, 0.4) is 0 Å². The first-order valence-electron chi connectivity index (χ1n) is 7.98. The number of carbonyl (C=O) groups excluding carboxylic acids is 2.